The first-order valence-electron chi connectivity index (χ1n) is 7.24. The third-order valence-electron chi connectivity index (χ3n) is 3.94. The van der Waals surface area contributed by atoms with Gasteiger partial charge in [0.15, 0.2) is 11.6 Å². The largest absolute Gasteiger partial charge is 0.494 e. The van der Waals surface area contributed by atoms with E-state index >= 15 is 0 Å². The Morgan fingerprint density at radius 2 is 2.15 bits per heavy atom. The minimum atomic E-state index is -0.412. The highest BCUT2D eigenvalue weighted by molar-refractivity contribution is 5.81. The molecule has 2 rings (SSSR count). The van der Waals surface area contributed by atoms with Crippen molar-refractivity contribution in [1.82, 2.24) is 5.32 Å². The van der Waals surface area contributed by atoms with Crippen molar-refractivity contribution in [3.8, 4) is 5.75 Å². The van der Waals surface area contributed by atoms with Crippen LogP contribution in [0.4, 0.5) is 4.39 Å². The van der Waals surface area contributed by atoms with Gasteiger partial charge in [-0.2, -0.15) is 0 Å². The van der Waals surface area contributed by atoms with Crippen molar-refractivity contribution in [2.45, 2.75) is 32.1 Å². The first kappa shape index (κ1) is 15.0. The van der Waals surface area contributed by atoms with Gasteiger partial charge in [0.1, 0.15) is 5.78 Å². The van der Waals surface area contributed by atoms with Crippen LogP contribution in [0.1, 0.15) is 31.2 Å². The van der Waals surface area contributed by atoms with E-state index in [1.807, 2.05) is 0 Å². The lowest BCUT2D eigenvalue weighted by Crippen LogP contribution is -2.28. The van der Waals surface area contributed by atoms with Crippen LogP contribution in [0.15, 0.2) is 18.2 Å². The molecule has 0 radical (unpaired) electrons. The molecule has 1 heterocycles. The van der Waals surface area contributed by atoms with Crippen LogP contribution in [0.2, 0.25) is 0 Å². The molecule has 1 aromatic rings. The molecule has 0 unspecified atom stereocenters. The Morgan fingerprint density at radius 3 is 2.85 bits per heavy atom. The minimum Gasteiger partial charge on any atom is -0.494 e. The highest BCUT2D eigenvalue weighted by Crippen LogP contribution is 2.22. The lowest BCUT2D eigenvalue weighted by atomic mass is 9.91. The molecule has 1 fully saturated rings. The zero-order valence-electron chi connectivity index (χ0n) is 12.0. The normalized spacial score (nSPS) is 16.1. The maximum atomic E-state index is 13.9. The quantitative estimate of drug-likeness (QED) is 0.870. The number of ether oxygens (including phenoxy) is 1. The maximum Gasteiger partial charge on any atom is 0.168 e. The van der Waals surface area contributed by atoms with E-state index in [0.29, 0.717) is 17.9 Å². The number of Topliss-reactive ketones (excluding diaryl/α,β-unsaturated/α-hetero) is 1. The summed E-state index contributed by atoms with van der Waals surface area (Å²) in [6.45, 7) is 2.09. The number of benzene rings is 1. The van der Waals surface area contributed by atoms with E-state index in [2.05, 4.69) is 5.32 Å². The zero-order chi connectivity index (χ0) is 14.4. The Morgan fingerprint density at radius 1 is 1.40 bits per heavy atom. The SMILES string of the molecule is COc1cccc(CC(=O)CCC2CCNCC2)c1F. The Kier molecular flexibility index (Phi) is 5.53. The first-order chi connectivity index (χ1) is 9.70. The van der Waals surface area contributed by atoms with E-state index in [4.69, 9.17) is 4.74 Å². The Labute approximate surface area is 119 Å². The monoisotopic (exact) mass is 279 g/mol. The van der Waals surface area contributed by atoms with E-state index in [1.165, 1.54) is 7.11 Å². The molecule has 0 amide bonds. The molecule has 0 spiro atoms. The Bertz CT molecular complexity index is 456. The second-order valence-electron chi connectivity index (χ2n) is 5.38. The fraction of sp³-hybridized carbons (Fsp3) is 0.562. The van der Waals surface area contributed by atoms with Crippen molar-refractivity contribution >= 4 is 5.78 Å². The average Bonchev–Trinajstić information content (AvgIpc) is 2.48. The van der Waals surface area contributed by atoms with Crippen molar-refractivity contribution in [2.24, 2.45) is 5.92 Å². The number of nitrogens with one attached hydrogen (secondary N) is 1. The average molecular weight is 279 g/mol. The molecule has 0 atom stereocenters. The molecule has 0 aliphatic carbocycles. The van der Waals surface area contributed by atoms with Crippen LogP contribution in [0, 0.1) is 11.7 Å². The van der Waals surface area contributed by atoms with Gasteiger partial charge in [-0.1, -0.05) is 12.1 Å². The third-order valence-corrected chi connectivity index (χ3v) is 3.94. The van der Waals surface area contributed by atoms with Crippen molar-refractivity contribution in [3.63, 3.8) is 0 Å². The minimum absolute atomic E-state index is 0.107. The van der Waals surface area contributed by atoms with Crippen molar-refractivity contribution in [2.75, 3.05) is 20.2 Å². The molecule has 0 saturated carbocycles. The molecule has 1 saturated heterocycles. The number of hydrogen-bond donors (Lipinski definition) is 1. The van der Waals surface area contributed by atoms with Crippen LogP contribution in [-0.2, 0) is 11.2 Å². The fourth-order valence-corrected chi connectivity index (χ4v) is 2.69. The standard InChI is InChI=1S/C16H22FNO2/c1-20-15-4-2-3-13(16(15)17)11-14(19)6-5-12-7-9-18-10-8-12/h2-4,12,18H,5-11H2,1H3. The summed E-state index contributed by atoms with van der Waals surface area (Å²) in [5.41, 5.74) is 0.430. The molecule has 4 heteroatoms. The van der Waals surface area contributed by atoms with E-state index in [9.17, 15) is 9.18 Å². The lowest BCUT2D eigenvalue weighted by molar-refractivity contribution is -0.118. The molecule has 1 N–H and O–H groups in total. The van der Waals surface area contributed by atoms with Crippen LogP contribution < -0.4 is 10.1 Å². The van der Waals surface area contributed by atoms with Gasteiger partial charge in [0.05, 0.1) is 7.11 Å². The van der Waals surface area contributed by atoms with Gasteiger partial charge < -0.3 is 10.1 Å². The summed E-state index contributed by atoms with van der Waals surface area (Å²) in [7, 11) is 1.43. The fourth-order valence-electron chi connectivity index (χ4n) is 2.69. The summed E-state index contributed by atoms with van der Waals surface area (Å²) in [6.07, 6.45) is 3.91. The van der Waals surface area contributed by atoms with Gasteiger partial charge in [0.25, 0.3) is 0 Å². The second kappa shape index (κ2) is 7.39. The molecule has 110 valence electrons. The predicted molar refractivity (Wildman–Crippen MR) is 76.5 cm³/mol. The van der Waals surface area contributed by atoms with Gasteiger partial charge in [-0.3, -0.25) is 4.79 Å². The van der Waals surface area contributed by atoms with Crippen LogP contribution in [0.25, 0.3) is 0 Å². The molecule has 0 aromatic heterocycles. The number of carbonyl (C=O) groups excluding carboxylic acids is 1. The smallest absolute Gasteiger partial charge is 0.168 e. The molecular formula is C16H22FNO2. The Hall–Kier alpha value is -1.42. The summed E-state index contributed by atoms with van der Waals surface area (Å²) < 4.78 is 18.9. The summed E-state index contributed by atoms with van der Waals surface area (Å²) >= 11 is 0. The highest BCUT2D eigenvalue weighted by Gasteiger charge is 2.16. The Balaban J connectivity index is 1.84. The number of ketones is 1. The maximum absolute atomic E-state index is 13.9. The van der Waals surface area contributed by atoms with E-state index in [0.717, 1.165) is 32.4 Å². The lowest BCUT2D eigenvalue weighted by Gasteiger charge is -2.22. The van der Waals surface area contributed by atoms with Gasteiger partial charge in [0, 0.05) is 12.8 Å². The van der Waals surface area contributed by atoms with Crippen LogP contribution in [0.3, 0.4) is 0 Å². The van der Waals surface area contributed by atoms with Crippen LogP contribution in [0.5, 0.6) is 5.75 Å². The molecule has 1 aliphatic rings. The van der Waals surface area contributed by atoms with Crippen molar-refractivity contribution in [1.29, 1.82) is 0 Å². The summed E-state index contributed by atoms with van der Waals surface area (Å²) in [5, 5.41) is 3.31. The summed E-state index contributed by atoms with van der Waals surface area (Å²) in [5.74, 6) is 0.532. The number of hydrogen-bond acceptors (Lipinski definition) is 3. The number of piperidine rings is 1. The van der Waals surface area contributed by atoms with Gasteiger partial charge in [-0.15, -0.1) is 0 Å². The molecule has 1 aromatic carbocycles. The number of carbonyl (C=O) groups is 1. The van der Waals surface area contributed by atoms with Crippen LogP contribution >= 0.6 is 0 Å². The molecular weight excluding hydrogens is 257 g/mol. The van der Waals surface area contributed by atoms with Gasteiger partial charge >= 0.3 is 0 Å². The second-order valence-corrected chi connectivity index (χ2v) is 5.38. The first-order valence-corrected chi connectivity index (χ1v) is 7.24. The molecule has 0 bridgehead atoms. The summed E-state index contributed by atoms with van der Waals surface area (Å²) in [6, 6.07) is 4.94. The topological polar surface area (TPSA) is 38.3 Å². The molecule has 3 nitrogen and oxygen atoms in total. The number of halogens is 1. The predicted octanol–water partition coefficient (Wildman–Crippen LogP) is 2.73. The van der Waals surface area contributed by atoms with Crippen molar-refractivity contribution < 1.29 is 13.9 Å². The highest BCUT2D eigenvalue weighted by atomic mass is 19.1. The summed E-state index contributed by atoms with van der Waals surface area (Å²) in [4.78, 5) is 12.0. The number of methoxy groups -OCH3 is 1. The van der Waals surface area contributed by atoms with Gasteiger partial charge in [-0.05, 0) is 49.9 Å². The van der Waals surface area contributed by atoms with Gasteiger partial charge in [0.2, 0.25) is 0 Å². The van der Waals surface area contributed by atoms with Crippen molar-refractivity contribution in [3.05, 3.63) is 29.6 Å². The van der Waals surface area contributed by atoms with Crippen LogP contribution in [-0.4, -0.2) is 26.0 Å². The van der Waals surface area contributed by atoms with E-state index in [-0.39, 0.29) is 18.0 Å². The van der Waals surface area contributed by atoms with Gasteiger partial charge in [-0.25, -0.2) is 4.39 Å². The van der Waals surface area contributed by atoms with E-state index < -0.39 is 5.82 Å². The molecule has 20 heavy (non-hydrogen) atoms. The zero-order valence-corrected chi connectivity index (χ0v) is 12.0. The third kappa shape index (κ3) is 4.04. The van der Waals surface area contributed by atoms with E-state index in [1.54, 1.807) is 18.2 Å². The number of rotatable bonds is 6. The molecule has 1 aliphatic heterocycles.